The van der Waals surface area contributed by atoms with Crippen LogP contribution in [0.3, 0.4) is 0 Å². The van der Waals surface area contributed by atoms with E-state index < -0.39 is 12.0 Å². The Morgan fingerprint density at radius 1 is 1.19 bits per heavy atom. The summed E-state index contributed by atoms with van der Waals surface area (Å²) in [6.07, 6.45) is 3.77. The van der Waals surface area contributed by atoms with Gasteiger partial charge in [-0.3, -0.25) is 9.36 Å². The number of esters is 1. The maximum Gasteiger partial charge on any atom is 0.338 e. The molecule has 0 bridgehead atoms. The summed E-state index contributed by atoms with van der Waals surface area (Å²) >= 11 is 6.39. The van der Waals surface area contributed by atoms with E-state index in [0.717, 1.165) is 14.9 Å². The van der Waals surface area contributed by atoms with Gasteiger partial charge in [-0.15, -0.1) is 11.8 Å². The van der Waals surface area contributed by atoms with Crippen LogP contribution in [0.2, 0.25) is 0 Å². The molecule has 0 saturated carbocycles. The number of thiazole rings is 1. The Labute approximate surface area is 225 Å². The molecule has 2 heterocycles. The first-order chi connectivity index (χ1) is 17.3. The van der Waals surface area contributed by atoms with Crippen molar-refractivity contribution in [2.45, 2.75) is 24.8 Å². The highest BCUT2D eigenvalue weighted by Gasteiger charge is 2.33. The largest absolute Gasteiger partial charge is 0.496 e. The number of rotatable bonds is 7. The van der Waals surface area contributed by atoms with E-state index in [4.69, 9.17) is 14.2 Å². The minimum Gasteiger partial charge on any atom is -0.496 e. The number of halogens is 1. The lowest BCUT2D eigenvalue weighted by Crippen LogP contribution is -2.39. The molecule has 0 unspecified atom stereocenters. The highest BCUT2D eigenvalue weighted by Crippen LogP contribution is 2.34. The van der Waals surface area contributed by atoms with Crippen molar-refractivity contribution < 1.29 is 19.0 Å². The Morgan fingerprint density at radius 3 is 2.50 bits per heavy atom. The first-order valence-electron chi connectivity index (χ1n) is 11.1. The number of hydrogen-bond donors (Lipinski definition) is 0. The lowest BCUT2D eigenvalue weighted by Gasteiger charge is -2.24. The van der Waals surface area contributed by atoms with Gasteiger partial charge >= 0.3 is 5.97 Å². The summed E-state index contributed by atoms with van der Waals surface area (Å²) in [4.78, 5) is 33.0. The summed E-state index contributed by atoms with van der Waals surface area (Å²) in [5.74, 6) is 0.704. The molecule has 2 aromatic carbocycles. The number of benzene rings is 2. The predicted octanol–water partition coefficient (Wildman–Crippen LogP) is 4.30. The number of thioether (sulfide) groups is 1. The Hall–Kier alpha value is -2.82. The standard InChI is InChI=1S/C26H25BrN2O5S2/c1-6-34-25(31)22-14(2)28-26-29(23(22)15-7-9-17(35-5)10-8-15)24(30)21(36-26)12-16-11-18(27)20(33-4)13-19(16)32-3/h7-13,23H,6H2,1-5H3/b21-12-/t23-/m1/s1. The SMILES string of the molecule is CCOC(=O)C1=C(C)N=c2s/c(=C\c3cc(Br)c(OC)cc3OC)c(=O)n2[C@@H]1c1ccc(SC)cc1. The third kappa shape index (κ3) is 4.89. The van der Waals surface area contributed by atoms with Crippen LogP contribution in [-0.4, -0.2) is 37.6 Å². The van der Waals surface area contributed by atoms with Crippen molar-refractivity contribution in [3.63, 3.8) is 0 Å². The van der Waals surface area contributed by atoms with Gasteiger partial charge in [0.05, 0.1) is 47.1 Å². The third-order valence-electron chi connectivity index (χ3n) is 5.74. The molecule has 0 radical (unpaired) electrons. The number of hydrogen-bond acceptors (Lipinski definition) is 8. The molecule has 4 rings (SSSR count). The van der Waals surface area contributed by atoms with E-state index >= 15 is 0 Å². The van der Waals surface area contributed by atoms with Crippen LogP contribution in [0.4, 0.5) is 0 Å². The highest BCUT2D eigenvalue weighted by molar-refractivity contribution is 9.10. The maximum atomic E-state index is 13.8. The fourth-order valence-corrected chi connectivity index (χ4v) is 6.00. The molecule has 36 heavy (non-hydrogen) atoms. The van der Waals surface area contributed by atoms with Gasteiger partial charge in [0.25, 0.3) is 5.56 Å². The minimum atomic E-state index is -0.650. The molecule has 7 nitrogen and oxygen atoms in total. The Kier molecular flexibility index (Phi) is 8.07. The molecule has 10 heteroatoms. The molecule has 1 atom stereocenters. The molecule has 188 valence electrons. The van der Waals surface area contributed by atoms with E-state index in [0.29, 0.717) is 37.7 Å². The van der Waals surface area contributed by atoms with Gasteiger partial charge in [0.15, 0.2) is 4.80 Å². The molecule has 3 aromatic rings. The number of allylic oxidation sites excluding steroid dienone is 1. The summed E-state index contributed by atoms with van der Waals surface area (Å²) in [6.45, 7) is 3.76. The average molecular weight is 590 g/mol. The second-order valence-corrected chi connectivity index (χ2v) is 10.5. The monoisotopic (exact) mass is 588 g/mol. The van der Waals surface area contributed by atoms with Crippen LogP contribution in [0.15, 0.2) is 66.8 Å². The quantitative estimate of drug-likeness (QED) is 0.302. The molecule has 1 aromatic heterocycles. The van der Waals surface area contributed by atoms with Crippen LogP contribution < -0.4 is 24.4 Å². The van der Waals surface area contributed by atoms with Crippen molar-refractivity contribution >= 4 is 51.1 Å². The van der Waals surface area contributed by atoms with Gasteiger partial charge in [0.1, 0.15) is 11.5 Å². The van der Waals surface area contributed by atoms with Crippen molar-refractivity contribution in [1.82, 2.24) is 4.57 Å². The first kappa shape index (κ1) is 26.2. The summed E-state index contributed by atoms with van der Waals surface area (Å²) in [6, 6.07) is 10.8. The summed E-state index contributed by atoms with van der Waals surface area (Å²) < 4.78 is 19.0. The van der Waals surface area contributed by atoms with Crippen molar-refractivity contribution in [2.24, 2.45) is 4.99 Å². The van der Waals surface area contributed by atoms with E-state index in [-0.39, 0.29) is 12.2 Å². The molecule has 0 aliphatic carbocycles. The van der Waals surface area contributed by atoms with Gasteiger partial charge in [-0.2, -0.15) is 0 Å². The zero-order valence-corrected chi connectivity index (χ0v) is 23.7. The zero-order chi connectivity index (χ0) is 26.0. The second-order valence-electron chi connectivity index (χ2n) is 7.80. The molecule has 0 amide bonds. The number of ether oxygens (including phenoxy) is 3. The maximum absolute atomic E-state index is 13.8. The summed E-state index contributed by atoms with van der Waals surface area (Å²) in [5.41, 5.74) is 2.16. The molecule has 0 spiro atoms. The average Bonchev–Trinajstić information content (AvgIpc) is 3.17. The molecule has 0 fully saturated rings. The fourth-order valence-electron chi connectivity index (χ4n) is 4.03. The number of aromatic nitrogens is 1. The van der Waals surface area contributed by atoms with Crippen LogP contribution in [0, 0.1) is 0 Å². The van der Waals surface area contributed by atoms with E-state index in [1.807, 2.05) is 36.6 Å². The number of carbonyl (C=O) groups is 1. The van der Waals surface area contributed by atoms with E-state index in [2.05, 4.69) is 20.9 Å². The Morgan fingerprint density at radius 2 is 1.89 bits per heavy atom. The number of fused-ring (bicyclic) bond motifs is 1. The van der Waals surface area contributed by atoms with E-state index in [1.165, 1.54) is 11.3 Å². The Balaban J connectivity index is 1.95. The fraction of sp³-hybridized carbons (Fsp3) is 0.269. The van der Waals surface area contributed by atoms with Crippen molar-refractivity contribution in [3.8, 4) is 11.5 Å². The van der Waals surface area contributed by atoms with Crippen molar-refractivity contribution in [3.05, 3.63) is 83.0 Å². The number of nitrogens with zero attached hydrogens (tertiary/aromatic N) is 2. The Bertz CT molecular complexity index is 1520. The highest BCUT2D eigenvalue weighted by atomic mass is 79.9. The predicted molar refractivity (Wildman–Crippen MR) is 146 cm³/mol. The topological polar surface area (TPSA) is 79.1 Å². The zero-order valence-electron chi connectivity index (χ0n) is 20.5. The molecule has 1 aliphatic heterocycles. The van der Waals surface area contributed by atoms with Crippen LogP contribution in [0.1, 0.15) is 31.0 Å². The molecular weight excluding hydrogens is 564 g/mol. The van der Waals surface area contributed by atoms with Gasteiger partial charge in [0.2, 0.25) is 0 Å². The molecule has 0 saturated heterocycles. The summed E-state index contributed by atoms with van der Waals surface area (Å²) in [5, 5.41) is 0. The van der Waals surface area contributed by atoms with Crippen LogP contribution in [0.25, 0.3) is 6.08 Å². The third-order valence-corrected chi connectivity index (χ3v) is 8.09. The first-order valence-corrected chi connectivity index (χ1v) is 13.9. The van der Waals surface area contributed by atoms with Crippen LogP contribution in [-0.2, 0) is 9.53 Å². The van der Waals surface area contributed by atoms with Crippen LogP contribution in [0.5, 0.6) is 11.5 Å². The van der Waals surface area contributed by atoms with Crippen LogP contribution >= 0.6 is 39.0 Å². The lowest BCUT2D eigenvalue weighted by atomic mass is 9.96. The van der Waals surface area contributed by atoms with Crippen molar-refractivity contribution in [2.75, 3.05) is 27.1 Å². The smallest absolute Gasteiger partial charge is 0.338 e. The van der Waals surface area contributed by atoms with E-state index in [9.17, 15) is 9.59 Å². The van der Waals surface area contributed by atoms with E-state index in [1.54, 1.807) is 56.5 Å². The number of carbonyl (C=O) groups excluding carboxylic acids is 1. The summed E-state index contributed by atoms with van der Waals surface area (Å²) in [7, 11) is 3.14. The molecule has 0 N–H and O–H groups in total. The molecule has 1 aliphatic rings. The van der Waals surface area contributed by atoms with Crippen molar-refractivity contribution in [1.29, 1.82) is 0 Å². The molecular formula is C26H25BrN2O5S2. The van der Waals surface area contributed by atoms with Gasteiger partial charge in [-0.25, -0.2) is 9.79 Å². The van der Waals surface area contributed by atoms with Gasteiger partial charge in [-0.1, -0.05) is 23.5 Å². The van der Waals surface area contributed by atoms with Gasteiger partial charge in [-0.05, 0) is 65.9 Å². The normalized spacial score (nSPS) is 15.4. The number of methoxy groups -OCH3 is 2. The lowest BCUT2D eigenvalue weighted by molar-refractivity contribution is -0.139. The van der Waals surface area contributed by atoms with Gasteiger partial charge < -0.3 is 14.2 Å². The van der Waals surface area contributed by atoms with Gasteiger partial charge in [0, 0.05) is 16.5 Å². The second kappa shape index (κ2) is 11.1. The minimum absolute atomic E-state index is 0.226.